The lowest BCUT2D eigenvalue weighted by Gasteiger charge is -2.20. The molecule has 0 atom stereocenters. The number of amides is 1. The van der Waals surface area contributed by atoms with Crippen molar-refractivity contribution < 1.29 is 9.21 Å². The summed E-state index contributed by atoms with van der Waals surface area (Å²) in [4.78, 5) is 16.8. The third-order valence-electron chi connectivity index (χ3n) is 5.26. The molecule has 3 aromatic rings. The SMILES string of the molecule is CN(C)c1ccc(CCC(=O)N(Cc2nnc(-c3ccccc3Cl)o2)C2CC2)cc1. The van der Waals surface area contributed by atoms with Crippen LogP contribution in [0.5, 0.6) is 0 Å². The molecule has 156 valence electrons. The van der Waals surface area contributed by atoms with Crippen LogP contribution < -0.4 is 4.90 Å². The summed E-state index contributed by atoms with van der Waals surface area (Å²) in [5.74, 6) is 0.923. The standard InChI is InChI=1S/C23H25ClN4O2/c1-27(2)17-10-7-16(8-11-17)9-14-22(29)28(18-12-13-18)15-21-25-26-23(30-21)19-5-3-4-6-20(19)24/h3-8,10-11,18H,9,12-15H2,1-2H3. The molecule has 4 rings (SSSR count). The van der Waals surface area contributed by atoms with Crippen molar-refractivity contribution in [1.82, 2.24) is 15.1 Å². The van der Waals surface area contributed by atoms with Crippen molar-refractivity contribution in [2.24, 2.45) is 0 Å². The van der Waals surface area contributed by atoms with Gasteiger partial charge in [0, 0.05) is 32.2 Å². The Hall–Kier alpha value is -2.86. The normalized spacial score (nSPS) is 13.3. The van der Waals surface area contributed by atoms with E-state index in [9.17, 15) is 4.79 Å². The Bertz CT molecular complexity index is 1010. The summed E-state index contributed by atoms with van der Waals surface area (Å²) in [5.41, 5.74) is 3.00. The number of carbonyl (C=O) groups excluding carboxylic acids is 1. The number of aryl methyl sites for hydroxylation is 1. The Balaban J connectivity index is 1.39. The number of aromatic nitrogens is 2. The van der Waals surface area contributed by atoms with Crippen LogP contribution in [-0.2, 0) is 17.8 Å². The number of anilines is 1. The molecule has 30 heavy (non-hydrogen) atoms. The third kappa shape index (κ3) is 4.82. The van der Waals surface area contributed by atoms with Crippen LogP contribution >= 0.6 is 11.6 Å². The quantitative estimate of drug-likeness (QED) is 0.529. The summed E-state index contributed by atoms with van der Waals surface area (Å²) in [6.07, 6.45) is 3.22. The van der Waals surface area contributed by atoms with E-state index in [4.69, 9.17) is 16.0 Å². The first-order chi connectivity index (χ1) is 14.5. The Kier molecular flexibility index (Phi) is 6.04. The average Bonchev–Trinajstić information content (AvgIpc) is 3.49. The topological polar surface area (TPSA) is 62.5 Å². The van der Waals surface area contributed by atoms with Gasteiger partial charge in [-0.1, -0.05) is 35.9 Å². The zero-order valence-electron chi connectivity index (χ0n) is 17.2. The van der Waals surface area contributed by atoms with Gasteiger partial charge in [-0.25, -0.2) is 0 Å². The first-order valence-corrected chi connectivity index (χ1v) is 10.5. The van der Waals surface area contributed by atoms with Crippen molar-refractivity contribution in [1.29, 1.82) is 0 Å². The van der Waals surface area contributed by atoms with E-state index in [1.165, 1.54) is 0 Å². The van der Waals surface area contributed by atoms with Crippen LogP contribution in [0.25, 0.3) is 11.5 Å². The van der Waals surface area contributed by atoms with Gasteiger partial charge in [0.1, 0.15) is 0 Å². The van der Waals surface area contributed by atoms with Crippen molar-refractivity contribution in [3.63, 3.8) is 0 Å². The molecule has 1 saturated carbocycles. The van der Waals surface area contributed by atoms with Gasteiger partial charge in [-0.2, -0.15) is 0 Å². The molecule has 0 N–H and O–H groups in total. The number of hydrogen-bond donors (Lipinski definition) is 0. The van der Waals surface area contributed by atoms with E-state index in [-0.39, 0.29) is 11.9 Å². The van der Waals surface area contributed by atoms with Gasteiger partial charge in [0.2, 0.25) is 17.7 Å². The lowest BCUT2D eigenvalue weighted by Crippen LogP contribution is -2.32. The molecule has 0 unspecified atom stereocenters. The van der Waals surface area contributed by atoms with Gasteiger partial charge in [-0.3, -0.25) is 4.79 Å². The van der Waals surface area contributed by atoms with Gasteiger partial charge >= 0.3 is 0 Å². The highest BCUT2D eigenvalue weighted by Gasteiger charge is 2.33. The molecule has 7 heteroatoms. The second-order valence-electron chi connectivity index (χ2n) is 7.79. The Morgan fingerprint density at radius 2 is 1.83 bits per heavy atom. The van der Waals surface area contributed by atoms with Crippen LogP contribution in [-0.4, -0.2) is 41.1 Å². The Morgan fingerprint density at radius 1 is 1.10 bits per heavy atom. The molecule has 1 fully saturated rings. The molecule has 0 bridgehead atoms. The van der Waals surface area contributed by atoms with Crippen molar-refractivity contribution in [3.8, 4) is 11.5 Å². The molecule has 1 heterocycles. The molecule has 0 spiro atoms. The van der Waals surface area contributed by atoms with Gasteiger partial charge in [-0.15, -0.1) is 10.2 Å². The van der Waals surface area contributed by atoms with E-state index in [0.29, 0.717) is 41.8 Å². The lowest BCUT2D eigenvalue weighted by molar-refractivity contribution is -0.132. The van der Waals surface area contributed by atoms with E-state index >= 15 is 0 Å². The summed E-state index contributed by atoms with van der Waals surface area (Å²) in [6, 6.07) is 15.9. The van der Waals surface area contributed by atoms with E-state index in [2.05, 4.69) is 39.4 Å². The first kappa shape index (κ1) is 20.4. The minimum absolute atomic E-state index is 0.117. The molecule has 6 nitrogen and oxygen atoms in total. The highest BCUT2D eigenvalue weighted by Crippen LogP contribution is 2.31. The maximum Gasteiger partial charge on any atom is 0.249 e. The molecule has 0 aliphatic heterocycles. The molecule has 0 saturated heterocycles. The Labute approximate surface area is 181 Å². The van der Waals surface area contributed by atoms with Gasteiger partial charge in [0.25, 0.3) is 0 Å². The molecule has 1 aromatic heterocycles. The number of carbonyl (C=O) groups is 1. The molecular weight excluding hydrogens is 400 g/mol. The summed E-state index contributed by atoms with van der Waals surface area (Å²) >= 11 is 6.22. The number of benzene rings is 2. The molecule has 2 aromatic carbocycles. The van der Waals surface area contributed by atoms with Crippen LogP contribution in [0.3, 0.4) is 0 Å². The fourth-order valence-electron chi connectivity index (χ4n) is 3.37. The summed E-state index contributed by atoms with van der Waals surface area (Å²) < 4.78 is 5.80. The van der Waals surface area contributed by atoms with Crippen LogP contribution in [0.4, 0.5) is 5.69 Å². The molecule has 1 aliphatic rings. The highest BCUT2D eigenvalue weighted by atomic mass is 35.5. The average molecular weight is 425 g/mol. The zero-order chi connectivity index (χ0) is 21.1. The van der Waals surface area contributed by atoms with Crippen molar-refractivity contribution in [2.75, 3.05) is 19.0 Å². The summed E-state index contributed by atoms with van der Waals surface area (Å²) in [5, 5.41) is 8.81. The number of halogens is 1. The second-order valence-corrected chi connectivity index (χ2v) is 8.20. The fourth-order valence-corrected chi connectivity index (χ4v) is 3.59. The zero-order valence-corrected chi connectivity index (χ0v) is 18.0. The minimum Gasteiger partial charge on any atom is -0.419 e. The van der Waals surface area contributed by atoms with E-state index in [1.807, 2.05) is 37.2 Å². The van der Waals surface area contributed by atoms with Gasteiger partial charge in [-0.05, 0) is 49.1 Å². The molecule has 1 amide bonds. The van der Waals surface area contributed by atoms with E-state index in [1.54, 1.807) is 6.07 Å². The maximum atomic E-state index is 12.9. The molecule has 1 aliphatic carbocycles. The molecule has 0 radical (unpaired) electrons. The fraction of sp³-hybridized carbons (Fsp3) is 0.348. The third-order valence-corrected chi connectivity index (χ3v) is 5.59. The largest absolute Gasteiger partial charge is 0.419 e. The lowest BCUT2D eigenvalue weighted by atomic mass is 10.1. The number of hydrogen-bond acceptors (Lipinski definition) is 5. The highest BCUT2D eigenvalue weighted by molar-refractivity contribution is 6.33. The number of nitrogens with zero attached hydrogens (tertiary/aromatic N) is 4. The van der Waals surface area contributed by atoms with Crippen LogP contribution in [0.1, 0.15) is 30.7 Å². The predicted octanol–water partition coefficient (Wildman–Crippen LogP) is 4.58. The van der Waals surface area contributed by atoms with Crippen LogP contribution in [0, 0.1) is 0 Å². The maximum absolute atomic E-state index is 12.9. The van der Waals surface area contributed by atoms with Crippen LogP contribution in [0.2, 0.25) is 5.02 Å². The summed E-state index contributed by atoms with van der Waals surface area (Å²) in [7, 11) is 4.03. The Morgan fingerprint density at radius 3 is 2.50 bits per heavy atom. The minimum atomic E-state index is 0.117. The number of rotatable bonds is 8. The summed E-state index contributed by atoms with van der Waals surface area (Å²) in [6.45, 7) is 0.334. The van der Waals surface area contributed by atoms with Crippen molar-refractivity contribution >= 4 is 23.2 Å². The van der Waals surface area contributed by atoms with Gasteiger partial charge in [0.15, 0.2) is 0 Å². The second kappa shape index (κ2) is 8.88. The monoisotopic (exact) mass is 424 g/mol. The predicted molar refractivity (Wildman–Crippen MR) is 117 cm³/mol. The van der Waals surface area contributed by atoms with Gasteiger partial charge in [0.05, 0.1) is 17.1 Å². The van der Waals surface area contributed by atoms with E-state index < -0.39 is 0 Å². The van der Waals surface area contributed by atoms with E-state index in [0.717, 1.165) is 24.1 Å². The van der Waals surface area contributed by atoms with Crippen molar-refractivity contribution in [2.45, 2.75) is 38.3 Å². The smallest absolute Gasteiger partial charge is 0.249 e. The van der Waals surface area contributed by atoms with Crippen LogP contribution in [0.15, 0.2) is 52.9 Å². The first-order valence-electron chi connectivity index (χ1n) is 10.1. The van der Waals surface area contributed by atoms with Crippen molar-refractivity contribution in [3.05, 3.63) is 65.0 Å². The van der Waals surface area contributed by atoms with Gasteiger partial charge < -0.3 is 14.2 Å². The molecular formula is C23H25ClN4O2.